The van der Waals surface area contributed by atoms with Crippen LogP contribution in [0.2, 0.25) is 0 Å². The van der Waals surface area contributed by atoms with Crippen LogP contribution >= 0.6 is 11.3 Å². The van der Waals surface area contributed by atoms with E-state index in [1.807, 2.05) is 54.7 Å². The Morgan fingerprint density at radius 1 is 1.12 bits per heavy atom. The molecule has 0 saturated carbocycles. The van der Waals surface area contributed by atoms with Crippen LogP contribution in [-0.4, -0.2) is 11.0 Å². The van der Waals surface area contributed by atoms with Crippen molar-refractivity contribution in [1.29, 1.82) is 0 Å². The average molecular weight is 362 g/mol. The Bertz CT molecular complexity index is 842. The number of carboxylic acid groups (broad SMARTS) is 1. The van der Waals surface area contributed by atoms with E-state index >= 15 is 0 Å². The van der Waals surface area contributed by atoms with Gasteiger partial charge in [0.15, 0.2) is 0 Å². The zero-order chi connectivity index (χ0) is 18.2. The van der Waals surface area contributed by atoms with Crippen molar-refractivity contribution in [3.05, 3.63) is 94.5 Å². The number of unbranched alkanes of at least 4 members (excludes halogenated alkanes) is 1. The molecule has 132 valence electrons. The lowest BCUT2D eigenvalue weighted by atomic mass is 9.93. The van der Waals surface area contributed by atoms with Crippen molar-refractivity contribution in [2.24, 2.45) is 0 Å². The summed E-state index contributed by atoms with van der Waals surface area (Å²) < 4.78 is 0. The van der Waals surface area contributed by atoms with E-state index in [0.29, 0.717) is 6.42 Å². The minimum absolute atomic E-state index is 0.562. The number of carbonyl (C=O) groups excluding carboxylic acids is 1. The van der Waals surface area contributed by atoms with Crippen LogP contribution in [0.4, 0.5) is 0 Å². The lowest BCUT2D eigenvalue weighted by molar-refractivity contribution is -0.308. The van der Waals surface area contributed by atoms with E-state index in [1.54, 1.807) is 17.5 Å². The molecule has 0 bridgehead atoms. The van der Waals surface area contributed by atoms with Crippen LogP contribution in [0.1, 0.15) is 41.2 Å². The summed E-state index contributed by atoms with van der Waals surface area (Å²) in [7, 11) is 0. The SMILES string of the molecule is O=C([O-])C(CCC/C=C(/c1cccnc1)c1cccs1)c1ccccc1. The molecule has 0 aliphatic heterocycles. The summed E-state index contributed by atoms with van der Waals surface area (Å²) >= 11 is 1.69. The zero-order valence-corrected chi connectivity index (χ0v) is 15.2. The summed E-state index contributed by atoms with van der Waals surface area (Å²) in [5.41, 5.74) is 3.04. The van der Waals surface area contributed by atoms with Crippen LogP contribution in [0.3, 0.4) is 0 Å². The summed E-state index contributed by atoms with van der Waals surface area (Å²) in [6, 6.07) is 17.4. The third kappa shape index (κ3) is 4.67. The van der Waals surface area contributed by atoms with E-state index in [2.05, 4.69) is 22.5 Å². The summed E-state index contributed by atoms with van der Waals surface area (Å²) in [6.45, 7) is 0. The summed E-state index contributed by atoms with van der Waals surface area (Å²) in [4.78, 5) is 16.9. The second kappa shape index (κ2) is 9.11. The number of allylic oxidation sites excluding steroid dienone is 1. The maximum Gasteiger partial charge on any atom is 0.0489 e. The number of benzene rings is 1. The second-order valence-corrected chi connectivity index (χ2v) is 7.00. The summed E-state index contributed by atoms with van der Waals surface area (Å²) in [5, 5.41) is 13.6. The van der Waals surface area contributed by atoms with Gasteiger partial charge in [0.25, 0.3) is 0 Å². The molecule has 1 unspecified atom stereocenters. The molecule has 4 heteroatoms. The van der Waals surface area contributed by atoms with Gasteiger partial charge in [-0.2, -0.15) is 0 Å². The van der Waals surface area contributed by atoms with Gasteiger partial charge in [0, 0.05) is 34.7 Å². The number of rotatable bonds is 8. The molecule has 0 aliphatic carbocycles. The number of pyridine rings is 1. The number of hydrogen-bond donors (Lipinski definition) is 0. The first kappa shape index (κ1) is 18.1. The molecule has 0 spiro atoms. The fourth-order valence-corrected chi connectivity index (χ4v) is 3.78. The molecule has 2 aromatic heterocycles. The van der Waals surface area contributed by atoms with Crippen molar-refractivity contribution in [1.82, 2.24) is 4.98 Å². The lowest BCUT2D eigenvalue weighted by Crippen LogP contribution is -2.29. The van der Waals surface area contributed by atoms with Crippen molar-refractivity contribution in [3.8, 4) is 0 Å². The Balaban J connectivity index is 1.70. The molecule has 0 aliphatic rings. The molecule has 26 heavy (non-hydrogen) atoms. The molecule has 0 radical (unpaired) electrons. The molecule has 0 fully saturated rings. The third-order valence-corrected chi connectivity index (χ3v) is 5.19. The fraction of sp³-hybridized carbons (Fsp3) is 0.182. The molecule has 3 nitrogen and oxygen atoms in total. The van der Waals surface area contributed by atoms with E-state index in [-0.39, 0.29) is 0 Å². The quantitative estimate of drug-likeness (QED) is 0.562. The number of nitrogens with zero attached hydrogens (tertiary/aromatic N) is 1. The standard InChI is InChI=1S/C22H21NO2S/c24-22(25)20(17-8-2-1-3-9-17)12-5-4-11-19(21-13-7-15-26-21)18-10-6-14-23-16-18/h1-3,6-11,13-16,20H,4-5,12H2,(H,24,25)/p-1/b19-11-. The van der Waals surface area contributed by atoms with Crippen molar-refractivity contribution in [2.75, 3.05) is 0 Å². The number of hydrogen-bond acceptors (Lipinski definition) is 4. The van der Waals surface area contributed by atoms with E-state index < -0.39 is 11.9 Å². The molecule has 3 aromatic rings. The van der Waals surface area contributed by atoms with Gasteiger partial charge in [-0.25, -0.2) is 0 Å². The molecule has 2 heterocycles. The molecule has 0 amide bonds. The van der Waals surface area contributed by atoms with Crippen LogP contribution in [-0.2, 0) is 4.79 Å². The Kier molecular flexibility index (Phi) is 6.34. The monoisotopic (exact) mass is 362 g/mol. The van der Waals surface area contributed by atoms with Crippen molar-refractivity contribution in [2.45, 2.75) is 25.2 Å². The van der Waals surface area contributed by atoms with E-state index in [0.717, 1.165) is 29.5 Å². The smallest absolute Gasteiger partial charge is 0.0489 e. The Labute approximate surface area is 157 Å². The molecular formula is C22H20NO2S-. The van der Waals surface area contributed by atoms with Gasteiger partial charge in [0.05, 0.1) is 0 Å². The number of thiophene rings is 1. The molecule has 1 aromatic carbocycles. The minimum Gasteiger partial charge on any atom is -0.549 e. The number of aromatic nitrogens is 1. The van der Waals surface area contributed by atoms with Crippen molar-refractivity contribution < 1.29 is 9.90 Å². The predicted octanol–water partition coefficient (Wildman–Crippen LogP) is 4.28. The maximum absolute atomic E-state index is 11.5. The lowest BCUT2D eigenvalue weighted by Gasteiger charge is -2.18. The normalized spacial score (nSPS) is 12.7. The van der Waals surface area contributed by atoms with Crippen molar-refractivity contribution >= 4 is 22.9 Å². The molecule has 0 saturated heterocycles. The third-order valence-electron chi connectivity index (χ3n) is 4.29. The first-order valence-corrected chi connectivity index (χ1v) is 9.54. The van der Waals surface area contributed by atoms with Crippen LogP contribution < -0.4 is 5.11 Å². The highest BCUT2D eigenvalue weighted by Crippen LogP contribution is 2.28. The first-order chi connectivity index (χ1) is 12.8. The number of carboxylic acids is 1. The van der Waals surface area contributed by atoms with Gasteiger partial charge in [-0.15, -0.1) is 11.3 Å². The molecule has 1 atom stereocenters. The van der Waals surface area contributed by atoms with Gasteiger partial charge >= 0.3 is 0 Å². The van der Waals surface area contributed by atoms with E-state index in [1.165, 1.54) is 4.88 Å². The largest absolute Gasteiger partial charge is 0.549 e. The van der Waals surface area contributed by atoms with Crippen LogP contribution in [0, 0.1) is 0 Å². The molecule has 0 N–H and O–H groups in total. The highest BCUT2D eigenvalue weighted by atomic mass is 32.1. The summed E-state index contributed by atoms with van der Waals surface area (Å²) in [5.74, 6) is -1.57. The fourth-order valence-electron chi connectivity index (χ4n) is 2.99. The zero-order valence-electron chi connectivity index (χ0n) is 14.4. The van der Waals surface area contributed by atoms with Gasteiger partial charge < -0.3 is 9.90 Å². The topological polar surface area (TPSA) is 53.0 Å². The number of aliphatic carboxylic acids is 1. The van der Waals surface area contributed by atoms with Crippen molar-refractivity contribution in [3.63, 3.8) is 0 Å². The van der Waals surface area contributed by atoms with Crippen LogP contribution in [0.25, 0.3) is 5.57 Å². The minimum atomic E-state index is -1.01. The molecular weight excluding hydrogens is 342 g/mol. The van der Waals surface area contributed by atoms with E-state index in [4.69, 9.17) is 0 Å². The summed E-state index contributed by atoms with van der Waals surface area (Å²) in [6.07, 6.45) is 7.95. The Hall–Kier alpha value is -2.72. The van der Waals surface area contributed by atoms with Gasteiger partial charge in [-0.1, -0.05) is 48.5 Å². The highest BCUT2D eigenvalue weighted by Gasteiger charge is 2.12. The Morgan fingerprint density at radius 2 is 1.96 bits per heavy atom. The number of carbonyl (C=O) groups is 1. The van der Waals surface area contributed by atoms with Gasteiger partial charge in [0.2, 0.25) is 0 Å². The first-order valence-electron chi connectivity index (χ1n) is 8.66. The van der Waals surface area contributed by atoms with Gasteiger partial charge in [-0.3, -0.25) is 4.98 Å². The van der Waals surface area contributed by atoms with E-state index in [9.17, 15) is 9.90 Å². The van der Waals surface area contributed by atoms with Crippen LogP contribution in [0.15, 0.2) is 78.4 Å². The maximum atomic E-state index is 11.5. The molecule has 3 rings (SSSR count). The second-order valence-electron chi connectivity index (χ2n) is 6.05. The Morgan fingerprint density at radius 3 is 2.62 bits per heavy atom. The van der Waals surface area contributed by atoms with Gasteiger partial charge in [0.1, 0.15) is 0 Å². The average Bonchev–Trinajstić information content (AvgIpc) is 3.20. The predicted molar refractivity (Wildman–Crippen MR) is 104 cm³/mol. The van der Waals surface area contributed by atoms with Gasteiger partial charge in [-0.05, 0) is 47.9 Å². The van der Waals surface area contributed by atoms with Crippen LogP contribution in [0.5, 0.6) is 0 Å². The highest BCUT2D eigenvalue weighted by molar-refractivity contribution is 7.11.